The van der Waals surface area contributed by atoms with Gasteiger partial charge in [0.1, 0.15) is 5.56 Å². The highest BCUT2D eigenvalue weighted by atomic mass is 35.5. The Labute approximate surface area is 133 Å². The van der Waals surface area contributed by atoms with E-state index in [1.54, 1.807) is 35.8 Å². The van der Waals surface area contributed by atoms with Crippen LogP contribution in [0.15, 0.2) is 35.1 Å². The molecule has 1 aliphatic carbocycles. The molecule has 0 radical (unpaired) electrons. The van der Waals surface area contributed by atoms with Crippen molar-refractivity contribution in [1.29, 1.82) is 0 Å². The quantitative estimate of drug-likeness (QED) is 0.938. The molecular formula is C17H17ClN2O2. The van der Waals surface area contributed by atoms with Crippen molar-refractivity contribution in [3.8, 4) is 0 Å². The number of benzene rings is 1. The lowest BCUT2D eigenvalue weighted by molar-refractivity contribution is 0.102. The Balaban J connectivity index is 1.99. The molecule has 4 nitrogen and oxygen atoms in total. The van der Waals surface area contributed by atoms with E-state index in [0.717, 1.165) is 18.5 Å². The van der Waals surface area contributed by atoms with Crippen LogP contribution in [-0.2, 0) is 0 Å². The zero-order valence-electron chi connectivity index (χ0n) is 12.5. The van der Waals surface area contributed by atoms with E-state index < -0.39 is 0 Å². The van der Waals surface area contributed by atoms with E-state index in [1.807, 2.05) is 13.0 Å². The molecule has 1 aliphatic rings. The van der Waals surface area contributed by atoms with E-state index in [0.29, 0.717) is 16.3 Å². The lowest BCUT2D eigenvalue weighted by Crippen LogP contribution is -2.31. The van der Waals surface area contributed by atoms with E-state index in [4.69, 9.17) is 11.6 Å². The number of carbonyl (C=O) groups is 1. The van der Waals surface area contributed by atoms with Gasteiger partial charge in [-0.1, -0.05) is 17.7 Å². The second-order valence-electron chi connectivity index (χ2n) is 5.71. The van der Waals surface area contributed by atoms with Crippen molar-refractivity contribution in [1.82, 2.24) is 4.57 Å². The van der Waals surface area contributed by atoms with Gasteiger partial charge in [0.25, 0.3) is 11.5 Å². The molecule has 0 saturated heterocycles. The Morgan fingerprint density at radius 1 is 1.27 bits per heavy atom. The fourth-order valence-corrected chi connectivity index (χ4v) is 2.92. The molecule has 1 amide bonds. The maximum Gasteiger partial charge on any atom is 0.264 e. The standard InChI is InChI=1S/C17H17ClN2O2/c1-10-8-11(2)20(14-6-7-14)17(22)15(10)16(21)19-13-5-3-4-12(18)9-13/h3-5,8-9,14H,6-7H2,1-2H3,(H,19,21). The summed E-state index contributed by atoms with van der Waals surface area (Å²) in [5.74, 6) is -0.390. The van der Waals surface area contributed by atoms with Gasteiger partial charge in [0, 0.05) is 22.4 Å². The van der Waals surface area contributed by atoms with Gasteiger partial charge in [-0.15, -0.1) is 0 Å². The largest absolute Gasteiger partial charge is 0.322 e. The number of halogens is 1. The van der Waals surface area contributed by atoms with E-state index in [1.165, 1.54) is 0 Å². The van der Waals surface area contributed by atoms with Crippen LogP contribution in [0.1, 0.15) is 40.5 Å². The van der Waals surface area contributed by atoms with Gasteiger partial charge >= 0.3 is 0 Å². The van der Waals surface area contributed by atoms with E-state index >= 15 is 0 Å². The molecule has 0 bridgehead atoms. The first kappa shape index (κ1) is 14.9. The van der Waals surface area contributed by atoms with E-state index in [2.05, 4.69) is 5.32 Å². The van der Waals surface area contributed by atoms with Crippen LogP contribution in [-0.4, -0.2) is 10.5 Å². The number of rotatable bonds is 3. The smallest absolute Gasteiger partial charge is 0.264 e. The van der Waals surface area contributed by atoms with Crippen molar-refractivity contribution in [2.24, 2.45) is 0 Å². The zero-order valence-corrected chi connectivity index (χ0v) is 13.3. The fraction of sp³-hybridized carbons (Fsp3) is 0.294. The minimum absolute atomic E-state index is 0.206. The molecule has 5 heteroatoms. The third kappa shape index (κ3) is 2.79. The second kappa shape index (κ2) is 5.61. The van der Waals surface area contributed by atoms with Gasteiger partial charge in [0.2, 0.25) is 0 Å². The lowest BCUT2D eigenvalue weighted by atomic mass is 10.1. The number of aromatic nitrogens is 1. The summed E-state index contributed by atoms with van der Waals surface area (Å²) in [7, 11) is 0. The first-order valence-corrected chi connectivity index (χ1v) is 7.65. The molecule has 114 valence electrons. The number of hydrogen-bond acceptors (Lipinski definition) is 2. The maximum absolute atomic E-state index is 12.7. The summed E-state index contributed by atoms with van der Waals surface area (Å²) < 4.78 is 1.74. The van der Waals surface area contributed by atoms with Crippen molar-refractivity contribution in [2.75, 3.05) is 5.32 Å². The molecule has 22 heavy (non-hydrogen) atoms. The second-order valence-corrected chi connectivity index (χ2v) is 6.15. The third-order valence-electron chi connectivity index (χ3n) is 3.85. The van der Waals surface area contributed by atoms with Crippen molar-refractivity contribution >= 4 is 23.2 Å². The number of carbonyl (C=O) groups excluding carboxylic acids is 1. The van der Waals surface area contributed by atoms with Crippen LogP contribution >= 0.6 is 11.6 Å². The van der Waals surface area contributed by atoms with Crippen LogP contribution in [0.2, 0.25) is 5.02 Å². The molecule has 2 aromatic rings. The van der Waals surface area contributed by atoms with Gasteiger partial charge in [-0.2, -0.15) is 0 Å². The SMILES string of the molecule is Cc1cc(C)n(C2CC2)c(=O)c1C(=O)Nc1cccc(Cl)c1. The minimum Gasteiger partial charge on any atom is -0.322 e. The molecular weight excluding hydrogens is 300 g/mol. The zero-order chi connectivity index (χ0) is 15.9. The van der Waals surface area contributed by atoms with Gasteiger partial charge in [0.05, 0.1) is 0 Å². The lowest BCUT2D eigenvalue weighted by Gasteiger charge is -2.14. The van der Waals surface area contributed by atoms with Crippen LogP contribution in [0.5, 0.6) is 0 Å². The molecule has 0 spiro atoms. The number of hydrogen-bond donors (Lipinski definition) is 1. The van der Waals surface area contributed by atoms with Crippen molar-refractivity contribution < 1.29 is 4.79 Å². The molecule has 0 unspecified atom stereocenters. The first-order chi connectivity index (χ1) is 10.5. The van der Waals surface area contributed by atoms with E-state index in [-0.39, 0.29) is 23.1 Å². The molecule has 0 aliphatic heterocycles. The number of pyridine rings is 1. The fourth-order valence-electron chi connectivity index (χ4n) is 2.73. The minimum atomic E-state index is -0.390. The summed E-state index contributed by atoms with van der Waals surface area (Å²) in [4.78, 5) is 25.2. The number of nitrogens with zero attached hydrogens (tertiary/aromatic N) is 1. The number of aryl methyl sites for hydroxylation is 2. The van der Waals surface area contributed by atoms with Gasteiger partial charge in [-0.05, 0) is 56.5 Å². The van der Waals surface area contributed by atoms with Crippen molar-refractivity contribution in [3.05, 3.63) is 62.5 Å². The summed E-state index contributed by atoms with van der Waals surface area (Å²) in [6, 6.07) is 9.02. The summed E-state index contributed by atoms with van der Waals surface area (Å²) in [5, 5.41) is 3.29. The molecule has 1 aromatic carbocycles. The highest BCUT2D eigenvalue weighted by Gasteiger charge is 2.28. The Kier molecular flexibility index (Phi) is 3.79. The van der Waals surface area contributed by atoms with Gasteiger partial charge in [-0.25, -0.2) is 0 Å². The van der Waals surface area contributed by atoms with Crippen LogP contribution in [0.25, 0.3) is 0 Å². The number of amides is 1. The summed E-state index contributed by atoms with van der Waals surface area (Å²) in [6.07, 6.45) is 2.00. The highest BCUT2D eigenvalue weighted by molar-refractivity contribution is 6.31. The average Bonchev–Trinajstić information content (AvgIpc) is 3.22. The average molecular weight is 317 g/mol. The van der Waals surface area contributed by atoms with Gasteiger partial charge in [-0.3, -0.25) is 9.59 Å². The summed E-state index contributed by atoms with van der Waals surface area (Å²) in [5.41, 5.74) is 2.18. The van der Waals surface area contributed by atoms with Crippen LogP contribution in [0.4, 0.5) is 5.69 Å². The Morgan fingerprint density at radius 3 is 2.64 bits per heavy atom. The van der Waals surface area contributed by atoms with Crippen LogP contribution in [0, 0.1) is 13.8 Å². The Morgan fingerprint density at radius 2 is 2.00 bits per heavy atom. The summed E-state index contributed by atoms with van der Waals surface area (Å²) >= 11 is 5.92. The maximum atomic E-state index is 12.7. The molecule has 1 aromatic heterocycles. The molecule has 1 heterocycles. The Hall–Kier alpha value is -2.07. The van der Waals surface area contributed by atoms with Crippen LogP contribution < -0.4 is 10.9 Å². The monoisotopic (exact) mass is 316 g/mol. The molecule has 0 atom stereocenters. The Bertz CT molecular complexity index is 807. The third-order valence-corrected chi connectivity index (χ3v) is 4.09. The first-order valence-electron chi connectivity index (χ1n) is 7.27. The number of anilines is 1. The van der Waals surface area contributed by atoms with Crippen molar-refractivity contribution in [2.45, 2.75) is 32.7 Å². The molecule has 1 N–H and O–H groups in total. The topological polar surface area (TPSA) is 51.1 Å². The number of nitrogens with one attached hydrogen (secondary N) is 1. The van der Waals surface area contributed by atoms with Gasteiger partial charge in [0.15, 0.2) is 0 Å². The van der Waals surface area contributed by atoms with Crippen LogP contribution in [0.3, 0.4) is 0 Å². The predicted octanol–water partition coefficient (Wildman–Crippen LogP) is 3.71. The summed E-state index contributed by atoms with van der Waals surface area (Å²) in [6.45, 7) is 3.70. The highest BCUT2D eigenvalue weighted by Crippen LogP contribution is 2.34. The normalized spacial score (nSPS) is 14.0. The van der Waals surface area contributed by atoms with E-state index in [9.17, 15) is 9.59 Å². The molecule has 3 rings (SSSR count). The molecule has 1 saturated carbocycles. The van der Waals surface area contributed by atoms with Gasteiger partial charge < -0.3 is 9.88 Å². The molecule has 1 fully saturated rings. The van der Waals surface area contributed by atoms with Crippen molar-refractivity contribution in [3.63, 3.8) is 0 Å². The predicted molar refractivity (Wildman–Crippen MR) is 87.9 cm³/mol.